The molecular formula is C17H23ClN2O2S. The summed E-state index contributed by atoms with van der Waals surface area (Å²) in [6.07, 6.45) is 3.01. The SMILES string of the molecule is Cl.NCCCOC1CCN(C(=O)c2csc3ccccc23)CC1. The minimum atomic E-state index is 0. The van der Waals surface area contributed by atoms with E-state index in [-0.39, 0.29) is 24.4 Å². The van der Waals surface area contributed by atoms with E-state index in [4.69, 9.17) is 10.5 Å². The highest BCUT2D eigenvalue weighted by Gasteiger charge is 2.25. The number of rotatable bonds is 5. The summed E-state index contributed by atoms with van der Waals surface area (Å²) in [5.41, 5.74) is 6.31. The average molecular weight is 355 g/mol. The van der Waals surface area contributed by atoms with E-state index in [1.807, 2.05) is 28.5 Å². The molecule has 2 aromatic rings. The maximum absolute atomic E-state index is 12.7. The summed E-state index contributed by atoms with van der Waals surface area (Å²) in [4.78, 5) is 14.7. The highest BCUT2D eigenvalue weighted by atomic mass is 35.5. The number of likely N-dealkylation sites (tertiary alicyclic amines) is 1. The molecule has 0 radical (unpaired) electrons. The fraction of sp³-hybridized carbons (Fsp3) is 0.471. The smallest absolute Gasteiger partial charge is 0.255 e. The molecule has 4 nitrogen and oxygen atoms in total. The zero-order chi connectivity index (χ0) is 15.4. The van der Waals surface area contributed by atoms with Gasteiger partial charge in [0, 0.05) is 35.2 Å². The minimum Gasteiger partial charge on any atom is -0.378 e. The first kappa shape index (κ1) is 18.2. The summed E-state index contributed by atoms with van der Waals surface area (Å²) in [6.45, 7) is 2.94. The number of hydrogen-bond acceptors (Lipinski definition) is 4. The lowest BCUT2D eigenvalue weighted by Gasteiger charge is -2.32. The van der Waals surface area contributed by atoms with Crippen LogP contribution in [0.3, 0.4) is 0 Å². The molecule has 1 saturated heterocycles. The zero-order valence-electron chi connectivity index (χ0n) is 13.1. The number of carbonyl (C=O) groups excluding carboxylic acids is 1. The fourth-order valence-corrected chi connectivity index (χ4v) is 3.81. The van der Waals surface area contributed by atoms with Gasteiger partial charge in [0.2, 0.25) is 0 Å². The van der Waals surface area contributed by atoms with Gasteiger partial charge in [-0.15, -0.1) is 23.7 Å². The van der Waals surface area contributed by atoms with Crippen LogP contribution in [-0.4, -0.2) is 43.2 Å². The Morgan fingerprint density at radius 3 is 2.78 bits per heavy atom. The Hall–Kier alpha value is -1.14. The lowest BCUT2D eigenvalue weighted by molar-refractivity contribution is 0.00851. The third kappa shape index (κ3) is 4.23. The molecular weight excluding hydrogens is 332 g/mol. The predicted octanol–water partition coefficient (Wildman–Crippen LogP) is 3.29. The lowest BCUT2D eigenvalue weighted by atomic mass is 10.1. The first-order valence-corrected chi connectivity index (χ1v) is 8.74. The highest BCUT2D eigenvalue weighted by molar-refractivity contribution is 7.17. The van der Waals surface area contributed by atoms with Gasteiger partial charge in [0.05, 0.1) is 11.7 Å². The van der Waals surface area contributed by atoms with Crippen molar-refractivity contribution in [2.45, 2.75) is 25.4 Å². The molecule has 2 heterocycles. The summed E-state index contributed by atoms with van der Waals surface area (Å²) in [5, 5.41) is 3.05. The molecule has 1 aromatic carbocycles. The van der Waals surface area contributed by atoms with Crippen molar-refractivity contribution >= 4 is 39.7 Å². The quantitative estimate of drug-likeness (QED) is 0.838. The van der Waals surface area contributed by atoms with E-state index in [1.54, 1.807) is 11.3 Å². The van der Waals surface area contributed by atoms with Crippen molar-refractivity contribution in [3.05, 3.63) is 35.2 Å². The average Bonchev–Trinajstić information content (AvgIpc) is 2.99. The molecule has 1 aliphatic heterocycles. The summed E-state index contributed by atoms with van der Waals surface area (Å²) < 4.78 is 6.97. The van der Waals surface area contributed by atoms with Gasteiger partial charge in [-0.2, -0.15) is 0 Å². The minimum absolute atomic E-state index is 0. The molecule has 1 amide bonds. The molecule has 0 atom stereocenters. The van der Waals surface area contributed by atoms with Gasteiger partial charge >= 0.3 is 0 Å². The Kier molecular flexibility index (Phi) is 6.84. The molecule has 23 heavy (non-hydrogen) atoms. The van der Waals surface area contributed by atoms with E-state index < -0.39 is 0 Å². The van der Waals surface area contributed by atoms with Gasteiger partial charge in [0.25, 0.3) is 5.91 Å². The van der Waals surface area contributed by atoms with Crippen LogP contribution < -0.4 is 5.73 Å². The van der Waals surface area contributed by atoms with Crippen LogP contribution in [0.1, 0.15) is 29.6 Å². The van der Waals surface area contributed by atoms with Crippen LogP contribution in [0.5, 0.6) is 0 Å². The molecule has 1 aliphatic rings. The molecule has 0 aliphatic carbocycles. The predicted molar refractivity (Wildman–Crippen MR) is 97.6 cm³/mol. The van der Waals surface area contributed by atoms with Gasteiger partial charge in [0.15, 0.2) is 0 Å². The summed E-state index contributed by atoms with van der Waals surface area (Å²) in [5.74, 6) is 0.151. The van der Waals surface area contributed by atoms with E-state index in [0.29, 0.717) is 6.54 Å². The molecule has 2 N–H and O–H groups in total. The van der Waals surface area contributed by atoms with Crippen molar-refractivity contribution < 1.29 is 9.53 Å². The third-order valence-electron chi connectivity index (χ3n) is 4.14. The van der Waals surface area contributed by atoms with Crippen LogP contribution in [0, 0.1) is 0 Å². The summed E-state index contributed by atoms with van der Waals surface area (Å²) in [6, 6.07) is 8.09. The van der Waals surface area contributed by atoms with Crippen molar-refractivity contribution in [2.24, 2.45) is 5.73 Å². The molecule has 0 unspecified atom stereocenters. The Bertz CT molecular complexity index is 638. The van der Waals surface area contributed by atoms with Crippen molar-refractivity contribution in [3.63, 3.8) is 0 Å². The monoisotopic (exact) mass is 354 g/mol. The van der Waals surface area contributed by atoms with Crippen molar-refractivity contribution in [3.8, 4) is 0 Å². The van der Waals surface area contributed by atoms with E-state index in [1.165, 1.54) is 4.70 Å². The first-order chi connectivity index (χ1) is 10.8. The normalized spacial score (nSPS) is 15.6. The first-order valence-electron chi connectivity index (χ1n) is 7.87. The van der Waals surface area contributed by atoms with Crippen molar-refractivity contribution in [1.82, 2.24) is 4.90 Å². The summed E-state index contributed by atoms with van der Waals surface area (Å²) >= 11 is 1.64. The van der Waals surface area contributed by atoms with Crippen LogP contribution in [-0.2, 0) is 4.74 Å². The largest absolute Gasteiger partial charge is 0.378 e. The van der Waals surface area contributed by atoms with Crippen LogP contribution in [0.15, 0.2) is 29.6 Å². The maximum atomic E-state index is 12.7. The molecule has 6 heteroatoms. The molecule has 1 fully saturated rings. The Labute approximate surface area is 147 Å². The zero-order valence-corrected chi connectivity index (χ0v) is 14.7. The molecule has 3 rings (SSSR count). The maximum Gasteiger partial charge on any atom is 0.255 e. The number of carbonyl (C=O) groups is 1. The van der Waals surface area contributed by atoms with Crippen LogP contribution in [0.25, 0.3) is 10.1 Å². The lowest BCUT2D eigenvalue weighted by Crippen LogP contribution is -2.41. The van der Waals surface area contributed by atoms with E-state index >= 15 is 0 Å². The second-order valence-electron chi connectivity index (χ2n) is 5.65. The molecule has 1 aromatic heterocycles. The van der Waals surface area contributed by atoms with E-state index in [0.717, 1.165) is 49.9 Å². The van der Waals surface area contributed by atoms with E-state index in [2.05, 4.69) is 6.07 Å². The molecule has 0 saturated carbocycles. The number of piperidine rings is 1. The number of nitrogens with two attached hydrogens (primary N) is 1. The van der Waals surface area contributed by atoms with E-state index in [9.17, 15) is 4.79 Å². The highest BCUT2D eigenvalue weighted by Crippen LogP contribution is 2.27. The van der Waals surface area contributed by atoms with Gasteiger partial charge in [-0.25, -0.2) is 0 Å². The topological polar surface area (TPSA) is 55.6 Å². The molecule has 126 valence electrons. The number of benzene rings is 1. The summed E-state index contributed by atoms with van der Waals surface area (Å²) in [7, 11) is 0. The second kappa shape index (κ2) is 8.64. The van der Waals surface area contributed by atoms with Crippen LogP contribution in [0.4, 0.5) is 0 Å². The number of amides is 1. The Morgan fingerprint density at radius 1 is 1.30 bits per heavy atom. The van der Waals surface area contributed by atoms with Crippen molar-refractivity contribution in [1.29, 1.82) is 0 Å². The van der Waals surface area contributed by atoms with Gasteiger partial charge in [-0.3, -0.25) is 4.79 Å². The number of nitrogens with zero attached hydrogens (tertiary/aromatic N) is 1. The number of hydrogen-bond donors (Lipinski definition) is 1. The van der Waals surface area contributed by atoms with Gasteiger partial charge < -0.3 is 15.4 Å². The Balaban J connectivity index is 0.00000192. The Morgan fingerprint density at radius 2 is 2.04 bits per heavy atom. The van der Waals surface area contributed by atoms with Gasteiger partial charge in [-0.05, 0) is 31.9 Å². The second-order valence-corrected chi connectivity index (χ2v) is 6.56. The van der Waals surface area contributed by atoms with Crippen LogP contribution >= 0.6 is 23.7 Å². The number of thiophene rings is 1. The number of halogens is 1. The van der Waals surface area contributed by atoms with Crippen LogP contribution in [0.2, 0.25) is 0 Å². The molecule has 0 spiro atoms. The van der Waals surface area contributed by atoms with Gasteiger partial charge in [0.1, 0.15) is 0 Å². The fourth-order valence-electron chi connectivity index (χ4n) is 2.87. The third-order valence-corrected chi connectivity index (χ3v) is 5.11. The number of fused-ring (bicyclic) bond motifs is 1. The standard InChI is InChI=1S/C17H22N2O2S.ClH/c18-8-3-11-21-13-6-9-19(10-7-13)17(20)15-12-22-16-5-2-1-4-14(15)16;/h1-2,4-5,12-13H,3,6-11,18H2;1H. The van der Waals surface area contributed by atoms with Crippen molar-refractivity contribution in [2.75, 3.05) is 26.2 Å². The molecule has 0 bridgehead atoms. The van der Waals surface area contributed by atoms with Gasteiger partial charge in [-0.1, -0.05) is 18.2 Å². The number of ether oxygens (including phenoxy) is 1.